The van der Waals surface area contributed by atoms with Crippen LogP contribution in [0.5, 0.6) is 0 Å². The summed E-state index contributed by atoms with van der Waals surface area (Å²) in [5, 5.41) is 0.467. The van der Waals surface area contributed by atoms with E-state index in [1.807, 2.05) is 34.9 Å². The average Bonchev–Trinajstić information content (AvgIpc) is 3.09. The summed E-state index contributed by atoms with van der Waals surface area (Å²) in [5.41, 5.74) is 1.35. The third-order valence-electron chi connectivity index (χ3n) is 4.79. The molecular formula is C22H21FN2O2S. The second-order valence-corrected chi connectivity index (χ2v) is 8.31. The van der Waals surface area contributed by atoms with Crippen LogP contribution in [0.1, 0.15) is 25.7 Å². The Hall–Kier alpha value is -2.60. The summed E-state index contributed by atoms with van der Waals surface area (Å²) >= 11 is 1.81. The van der Waals surface area contributed by atoms with Crippen molar-refractivity contribution in [3.8, 4) is 11.3 Å². The highest BCUT2D eigenvalue weighted by Crippen LogP contribution is 2.37. The Balaban J connectivity index is 1.46. The smallest absolute Gasteiger partial charge is 0.227 e. The molecule has 1 aliphatic heterocycles. The zero-order valence-electron chi connectivity index (χ0n) is 15.6. The van der Waals surface area contributed by atoms with Crippen LogP contribution < -0.4 is 4.90 Å². The van der Waals surface area contributed by atoms with Crippen LogP contribution in [0.3, 0.4) is 0 Å². The van der Waals surface area contributed by atoms with E-state index < -0.39 is 0 Å². The lowest BCUT2D eigenvalue weighted by atomic mass is 10.2. The first kappa shape index (κ1) is 18.7. The molecule has 0 N–H and O–H groups in total. The van der Waals surface area contributed by atoms with Crippen LogP contribution in [0, 0.1) is 5.82 Å². The molecule has 0 spiro atoms. The van der Waals surface area contributed by atoms with E-state index in [1.165, 1.54) is 12.3 Å². The van der Waals surface area contributed by atoms with Gasteiger partial charge in [-0.05, 0) is 30.7 Å². The topological polar surface area (TPSA) is 46.3 Å². The minimum absolute atomic E-state index is 0.0489. The van der Waals surface area contributed by atoms with Gasteiger partial charge < -0.3 is 9.32 Å². The van der Waals surface area contributed by atoms with E-state index in [2.05, 4.69) is 18.0 Å². The van der Waals surface area contributed by atoms with Gasteiger partial charge in [-0.1, -0.05) is 31.2 Å². The highest BCUT2D eigenvalue weighted by molar-refractivity contribution is 8.00. The quantitative estimate of drug-likeness (QED) is 0.598. The predicted molar refractivity (Wildman–Crippen MR) is 109 cm³/mol. The molecule has 4 nitrogen and oxygen atoms in total. The minimum atomic E-state index is -0.353. The number of hydrogen-bond donors (Lipinski definition) is 0. The summed E-state index contributed by atoms with van der Waals surface area (Å²) in [6, 6.07) is 14.5. The molecule has 0 fully saturated rings. The molecule has 1 amide bonds. The van der Waals surface area contributed by atoms with Crippen molar-refractivity contribution in [3.05, 3.63) is 66.4 Å². The number of thioether (sulfide) groups is 1. The van der Waals surface area contributed by atoms with Crippen LogP contribution in [0.2, 0.25) is 0 Å². The van der Waals surface area contributed by atoms with E-state index in [-0.39, 0.29) is 11.7 Å². The summed E-state index contributed by atoms with van der Waals surface area (Å²) in [7, 11) is 0. The van der Waals surface area contributed by atoms with Gasteiger partial charge in [0.15, 0.2) is 11.7 Å². The van der Waals surface area contributed by atoms with Crippen LogP contribution >= 0.6 is 11.8 Å². The van der Waals surface area contributed by atoms with E-state index in [4.69, 9.17) is 4.42 Å². The number of para-hydroxylation sites is 1. The molecule has 4 rings (SSSR count). The Morgan fingerprint density at radius 3 is 2.89 bits per heavy atom. The molecule has 0 radical (unpaired) electrons. The number of rotatable bonds is 4. The van der Waals surface area contributed by atoms with Crippen LogP contribution in [0.15, 0.2) is 64.0 Å². The fourth-order valence-electron chi connectivity index (χ4n) is 3.31. The van der Waals surface area contributed by atoms with Gasteiger partial charge in [-0.2, -0.15) is 0 Å². The number of aromatic nitrogens is 1. The molecule has 2 heterocycles. The zero-order valence-corrected chi connectivity index (χ0v) is 16.4. The third-order valence-corrected chi connectivity index (χ3v) is 6.03. The molecule has 28 heavy (non-hydrogen) atoms. The van der Waals surface area contributed by atoms with Crippen molar-refractivity contribution in [3.63, 3.8) is 0 Å². The Labute approximate surface area is 167 Å². The van der Waals surface area contributed by atoms with Crippen molar-refractivity contribution in [1.29, 1.82) is 0 Å². The number of amides is 1. The number of hydrogen-bond acceptors (Lipinski definition) is 4. The van der Waals surface area contributed by atoms with E-state index in [0.717, 1.165) is 17.0 Å². The fourth-order valence-corrected chi connectivity index (χ4v) is 4.42. The molecule has 0 saturated carbocycles. The van der Waals surface area contributed by atoms with Crippen LogP contribution in [-0.2, 0) is 11.2 Å². The Kier molecular flexibility index (Phi) is 5.48. The summed E-state index contributed by atoms with van der Waals surface area (Å²) in [4.78, 5) is 20.1. The average molecular weight is 396 g/mol. The van der Waals surface area contributed by atoms with Gasteiger partial charge >= 0.3 is 0 Å². The summed E-state index contributed by atoms with van der Waals surface area (Å²) < 4.78 is 19.6. The number of carbonyl (C=O) groups excluding carboxylic acids is 1. The number of aryl methyl sites for hydroxylation is 1. The monoisotopic (exact) mass is 396 g/mol. The normalized spacial score (nSPS) is 16.5. The van der Waals surface area contributed by atoms with E-state index >= 15 is 0 Å². The summed E-state index contributed by atoms with van der Waals surface area (Å²) in [6.07, 6.45) is 3.14. The molecule has 0 bridgehead atoms. The van der Waals surface area contributed by atoms with Crippen LogP contribution in [0.25, 0.3) is 11.3 Å². The lowest BCUT2D eigenvalue weighted by Gasteiger charge is -2.22. The molecule has 1 atom stereocenters. The first-order valence-electron chi connectivity index (χ1n) is 9.37. The van der Waals surface area contributed by atoms with Gasteiger partial charge in [0, 0.05) is 29.5 Å². The van der Waals surface area contributed by atoms with Crippen molar-refractivity contribution in [2.75, 3.05) is 11.4 Å². The van der Waals surface area contributed by atoms with Crippen molar-refractivity contribution < 1.29 is 13.6 Å². The lowest BCUT2D eigenvalue weighted by Crippen LogP contribution is -2.32. The second kappa shape index (κ2) is 8.19. The predicted octanol–water partition coefficient (Wildman–Crippen LogP) is 5.33. The maximum Gasteiger partial charge on any atom is 0.227 e. The number of halogens is 1. The van der Waals surface area contributed by atoms with Gasteiger partial charge in [-0.15, -0.1) is 11.8 Å². The standard InChI is InChI=1S/C22H21FN2O2S/c1-15-12-13-25(18-8-4-5-9-20(18)28-15)22(26)11-10-21-24-14-19(27-21)16-6-2-3-7-17(16)23/h2-9,14-15H,10-13H2,1H3/t15-/m1/s1. The van der Waals surface area contributed by atoms with Crippen LogP contribution in [0.4, 0.5) is 10.1 Å². The van der Waals surface area contributed by atoms with E-state index in [9.17, 15) is 9.18 Å². The molecule has 0 aliphatic carbocycles. The van der Waals surface area contributed by atoms with Crippen molar-refractivity contribution in [1.82, 2.24) is 4.98 Å². The minimum Gasteiger partial charge on any atom is -0.441 e. The maximum absolute atomic E-state index is 13.9. The van der Waals surface area contributed by atoms with Crippen molar-refractivity contribution in [2.45, 2.75) is 36.3 Å². The summed E-state index contributed by atoms with van der Waals surface area (Å²) in [5.74, 6) is 0.519. The number of nitrogens with zero attached hydrogens (tertiary/aromatic N) is 2. The third kappa shape index (κ3) is 3.97. The molecule has 6 heteroatoms. The SMILES string of the molecule is C[C@@H]1CCN(C(=O)CCc2ncc(-c3ccccc3F)o2)c2ccccc2S1. The van der Waals surface area contributed by atoms with Gasteiger partial charge in [-0.3, -0.25) is 4.79 Å². The number of benzene rings is 2. The van der Waals surface area contributed by atoms with E-state index in [1.54, 1.807) is 18.2 Å². The Bertz CT molecular complexity index is 988. The molecule has 1 aromatic heterocycles. The summed E-state index contributed by atoms with van der Waals surface area (Å²) in [6.45, 7) is 2.89. The Morgan fingerprint density at radius 1 is 1.25 bits per heavy atom. The number of anilines is 1. The molecule has 0 saturated heterocycles. The first-order valence-corrected chi connectivity index (χ1v) is 10.3. The maximum atomic E-state index is 13.9. The number of oxazole rings is 1. The van der Waals surface area contributed by atoms with Gasteiger partial charge in [0.25, 0.3) is 0 Å². The lowest BCUT2D eigenvalue weighted by molar-refractivity contribution is -0.118. The first-order chi connectivity index (χ1) is 13.6. The van der Waals surface area contributed by atoms with E-state index in [0.29, 0.717) is 41.9 Å². The van der Waals surface area contributed by atoms with Gasteiger partial charge in [-0.25, -0.2) is 9.37 Å². The molecule has 3 aromatic rings. The van der Waals surface area contributed by atoms with Crippen molar-refractivity contribution in [2.24, 2.45) is 0 Å². The van der Waals surface area contributed by atoms with Gasteiger partial charge in [0.05, 0.1) is 17.4 Å². The molecule has 144 valence electrons. The zero-order chi connectivity index (χ0) is 19.5. The second-order valence-electron chi connectivity index (χ2n) is 6.83. The number of carbonyl (C=O) groups is 1. The van der Waals surface area contributed by atoms with Gasteiger partial charge in [0.2, 0.25) is 5.91 Å². The largest absolute Gasteiger partial charge is 0.441 e. The van der Waals surface area contributed by atoms with Gasteiger partial charge in [0.1, 0.15) is 5.82 Å². The molecular weight excluding hydrogens is 375 g/mol. The molecule has 1 aliphatic rings. The highest BCUT2D eigenvalue weighted by Gasteiger charge is 2.24. The van der Waals surface area contributed by atoms with Crippen molar-refractivity contribution >= 4 is 23.4 Å². The fraction of sp³-hybridized carbons (Fsp3) is 0.273. The molecule has 0 unspecified atom stereocenters. The van der Waals surface area contributed by atoms with Crippen LogP contribution in [-0.4, -0.2) is 22.7 Å². The molecule has 2 aromatic carbocycles. The number of fused-ring (bicyclic) bond motifs is 1. The highest BCUT2D eigenvalue weighted by atomic mass is 32.2. The Morgan fingerprint density at radius 2 is 2.04 bits per heavy atom.